The summed E-state index contributed by atoms with van der Waals surface area (Å²) in [5, 5.41) is 0. The summed E-state index contributed by atoms with van der Waals surface area (Å²) in [7, 11) is 0.858. The van der Waals surface area contributed by atoms with E-state index < -0.39 is 10.0 Å². The standard InChI is InChI=1S/C13H21N3O4S/c1-15(2)13(17)10-16(8-9-20-3)21(18,19)12-6-4-11(14)5-7-12/h4-7H,8-10,14H2,1-3H3. The number of nitrogens with zero attached hydrogens (tertiary/aromatic N) is 2. The van der Waals surface area contributed by atoms with Crippen molar-refractivity contribution in [2.45, 2.75) is 4.90 Å². The Balaban J connectivity index is 3.04. The van der Waals surface area contributed by atoms with Crippen LogP contribution in [0, 0.1) is 0 Å². The van der Waals surface area contributed by atoms with Gasteiger partial charge in [0.05, 0.1) is 18.0 Å². The Bertz CT molecular complexity index is 570. The molecule has 0 radical (unpaired) electrons. The molecule has 0 unspecified atom stereocenters. The summed E-state index contributed by atoms with van der Waals surface area (Å²) in [4.78, 5) is 13.2. The molecule has 0 aliphatic rings. The van der Waals surface area contributed by atoms with E-state index in [1.165, 1.54) is 36.3 Å². The molecule has 0 aliphatic carbocycles. The quantitative estimate of drug-likeness (QED) is 0.715. The van der Waals surface area contributed by atoms with Crippen LogP contribution in [0.5, 0.6) is 0 Å². The summed E-state index contributed by atoms with van der Waals surface area (Å²) in [5.41, 5.74) is 6.03. The maximum absolute atomic E-state index is 12.6. The van der Waals surface area contributed by atoms with Gasteiger partial charge >= 0.3 is 0 Å². The second-order valence-electron chi connectivity index (χ2n) is 4.69. The Morgan fingerprint density at radius 3 is 2.29 bits per heavy atom. The fourth-order valence-corrected chi connectivity index (χ4v) is 2.93. The van der Waals surface area contributed by atoms with Crippen molar-refractivity contribution in [3.8, 4) is 0 Å². The zero-order valence-corrected chi connectivity index (χ0v) is 13.3. The van der Waals surface area contributed by atoms with E-state index in [1.807, 2.05) is 0 Å². The van der Waals surface area contributed by atoms with E-state index in [1.54, 1.807) is 14.1 Å². The van der Waals surface area contributed by atoms with Gasteiger partial charge in [0.15, 0.2) is 0 Å². The normalized spacial score (nSPS) is 11.6. The van der Waals surface area contributed by atoms with Crippen LogP contribution in [0.2, 0.25) is 0 Å². The fourth-order valence-electron chi connectivity index (χ4n) is 1.56. The van der Waals surface area contributed by atoms with Gasteiger partial charge in [0.2, 0.25) is 15.9 Å². The lowest BCUT2D eigenvalue weighted by atomic mass is 10.3. The van der Waals surface area contributed by atoms with Gasteiger partial charge in [0, 0.05) is 33.4 Å². The maximum atomic E-state index is 12.6. The minimum absolute atomic E-state index is 0.0966. The number of rotatable bonds is 7. The molecule has 0 fully saturated rings. The molecular weight excluding hydrogens is 294 g/mol. The summed E-state index contributed by atoms with van der Waals surface area (Å²) < 4.78 is 31.1. The number of carbonyl (C=O) groups excluding carboxylic acids is 1. The van der Waals surface area contributed by atoms with Crippen LogP contribution in [0.1, 0.15) is 0 Å². The molecule has 0 aromatic heterocycles. The van der Waals surface area contributed by atoms with Crippen molar-refractivity contribution >= 4 is 21.6 Å². The molecule has 1 amide bonds. The molecule has 2 N–H and O–H groups in total. The van der Waals surface area contributed by atoms with Gasteiger partial charge in [-0.25, -0.2) is 8.42 Å². The van der Waals surface area contributed by atoms with Crippen LogP contribution < -0.4 is 5.73 Å². The lowest BCUT2D eigenvalue weighted by Gasteiger charge is -2.23. The number of amides is 1. The molecule has 118 valence electrons. The van der Waals surface area contributed by atoms with E-state index in [9.17, 15) is 13.2 Å². The smallest absolute Gasteiger partial charge is 0.243 e. The van der Waals surface area contributed by atoms with Crippen molar-refractivity contribution in [2.24, 2.45) is 0 Å². The number of benzene rings is 1. The molecule has 1 aromatic carbocycles. The van der Waals surface area contributed by atoms with Gasteiger partial charge in [-0.3, -0.25) is 4.79 Å². The van der Waals surface area contributed by atoms with Gasteiger partial charge < -0.3 is 15.4 Å². The van der Waals surface area contributed by atoms with E-state index in [4.69, 9.17) is 10.5 Å². The molecule has 0 atom stereocenters. The molecule has 1 rings (SSSR count). The number of ether oxygens (including phenoxy) is 1. The lowest BCUT2D eigenvalue weighted by molar-refractivity contribution is -0.128. The second kappa shape index (κ2) is 7.39. The van der Waals surface area contributed by atoms with Crippen LogP contribution in [0.3, 0.4) is 0 Å². The summed E-state index contributed by atoms with van der Waals surface area (Å²) in [6.45, 7) is 0.0702. The molecule has 21 heavy (non-hydrogen) atoms. The highest BCUT2D eigenvalue weighted by molar-refractivity contribution is 7.89. The molecule has 0 heterocycles. The number of likely N-dealkylation sites (N-methyl/N-ethyl adjacent to an activating group) is 1. The number of methoxy groups -OCH3 is 1. The monoisotopic (exact) mass is 315 g/mol. The third kappa shape index (κ3) is 4.69. The van der Waals surface area contributed by atoms with E-state index in [-0.39, 0.29) is 30.5 Å². The Kier molecular flexibility index (Phi) is 6.13. The number of nitrogens with two attached hydrogens (primary N) is 1. The highest BCUT2D eigenvalue weighted by Crippen LogP contribution is 2.17. The third-order valence-electron chi connectivity index (χ3n) is 2.87. The average Bonchev–Trinajstić information content (AvgIpc) is 2.43. The zero-order valence-electron chi connectivity index (χ0n) is 12.4. The van der Waals surface area contributed by atoms with E-state index in [0.717, 1.165) is 4.31 Å². The van der Waals surface area contributed by atoms with Gasteiger partial charge in [-0.15, -0.1) is 0 Å². The maximum Gasteiger partial charge on any atom is 0.243 e. The van der Waals surface area contributed by atoms with Crippen molar-refractivity contribution < 1.29 is 17.9 Å². The Morgan fingerprint density at radius 2 is 1.81 bits per heavy atom. The topological polar surface area (TPSA) is 92.9 Å². The summed E-state index contributed by atoms with van der Waals surface area (Å²) in [6.07, 6.45) is 0. The predicted molar refractivity (Wildman–Crippen MR) is 80.2 cm³/mol. The van der Waals surface area contributed by atoms with E-state index in [2.05, 4.69) is 0 Å². The third-order valence-corrected chi connectivity index (χ3v) is 4.73. The van der Waals surface area contributed by atoms with Crippen molar-refractivity contribution in [2.75, 3.05) is 46.6 Å². The SMILES string of the molecule is COCCN(CC(=O)N(C)C)S(=O)(=O)c1ccc(N)cc1. The summed E-state index contributed by atoms with van der Waals surface area (Å²) in [6, 6.07) is 5.86. The van der Waals surface area contributed by atoms with Crippen molar-refractivity contribution in [3.05, 3.63) is 24.3 Å². The first kappa shape index (κ1) is 17.4. The van der Waals surface area contributed by atoms with Crippen LogP contribution in [0.25, 0.3) is 0 Å². The molecule has 0 spiro atoms. The molecule has 0 bridgehead atoms. The van der Waals surface area contributed by atoms with Gasteiger partial charge in [-0.2, -0.15) is 4.31 Å². The fraction of sp³-hybridized carbons (Fsp3) is 0.462. The van der Waals surface area contributed by atoms with Crippen molar-refractivity contribution in [1.29, 1.82) is 0 Å². The number of hydrogen-bond acceptors (Lipinski definition) is 5. The molecule has 8 heteroatoms. The minimum Gasteiger partial charge on any atom is -0.399 e. The number of nitrogen functional groups attached to an aromatic ring is 1. The molecule has 0 saturated heterocycles. The Morgan fingerprint density at radius 1 is 1.24 bits per heavy atom. The molecule has 0 aliphatic heterocycles. The first-order valence-electron chi connectivity index (χ1n) is 6.34. The minimum atomic E-state index is -3.77. The highest BCUT2D eigenvalue weighted by Gasteiger charge is 2.26. The largest absolute Gasteiger partial charge is 0.399 e. The van der Waals surface area contributed by atoms with Crippen LogP contribution >= 0.6 is 0 Å². The molecule has 1 aromatic rings. The van der Waals surface area contributed by atoms with Gasteiger partial charge in [-0.05, 0) is 24.3 Å². The molecule has 0 saturated carbocycles. The number of hydrogen-bond donors (Lipinski definition) is 1. The van der Waals surface area contributed by atoms with Crippen molar-refractivity contribution in [3.63, 3.8) is 0 Å². The second-order valence-corrected chi connectivity index (χ2v) is 6.63. The van der Waals surface area contributed by atoms with Crippen LogP contribution in [0.15, 0.2) is 29.2 Å². The average molecular weight is 315 g/mol. The van der Waals surface area contributed by atoms with Gasteiger partial charge in [0.25, 0.3) is 0 Å². The Hall–Kier alpha value is -1.64. The zero-order chi connectivity index (χ0) is 16.0. The summed E-state index contributed by atoms with van der Waals surface area (Å²) in [5.74, 6) is -0.301. The number of sulfonamides is 1. The van der Waals surface area contributed by atoms with Crippen LogP contribution in [-0.2, 0) is 19.6 Å². The van der Waals surface area contributed by atoms with E-state index in [0.29, 0.717) is 5.69 Å². The molecule has 7 nitrogen and oxygen atoms in total. The van der Waals surface area contributed by atoms with Crippen LogP contribution in [-0.4, -0.2) is 64.4 Å². The summed E-state index contributed by atoms with van der Waals surface area (Å²) >= 11 is 0. The highest BCUT2D eigenvalue weighted by atomic mass is 32.2. The van der Waals surface area contributed by atoms with E-state index >= 15 is 0 Å². The predicted octanol–water partition coefficient (Wildman–Crippen LogP) is -0.00590. The number of anilines is 1. The lowest BCUT2D eigenvalue weighted by Crippen LogP contribution is -2.41. The van der Waals surface area contributed by atoms with Crippen LogP contribution in [0.4, 0.5) is 5.69 Å². The molecular formula is C13H21N3O4S. The first-order valence-corrected chi connectivity index (χ1v) is 7.78. The van der Waals surface area contributed by atoms with Gasteiger partial charge in [-0.1, -0.05) is 0 Å². The van der Waals surface area contributed by atoms with Gasteiger partial charge in [0.1, 0.15) is 0 Å². The number of carbonyl (C=O) groups is 1. The van der Waals surface area contributed by atoms with Crippen molar-refractivity contribution in [1.82, 2.24) is 9.21 Å². The first-order chi connectivity index (χ1) is 9.78. The Labute approximate surface area is 125 Å².